The Kier molecular flexibility index (Phi) is 3.74. The molecule has 2 atom stereocenters. The monoisotopic (exact) mass is 231 g/mol. The van der Waals surface area contributed by atoms with Crippen molar-refractivity contribution in [2.24, 2.45) is 5.92 Å². The van der Waals surface area contributed by atoms with Crippen LogP contribution >= 0.6 is 0 Å². The van der Waals surface area contributed by atoms with Crippen LogP contribution in [0.1, 0.15) is 20.8 Å². The van der Waals surface area contributed by atoms with E-state index < -0.39 is 29.6 Å². The Morgan fingerprint density at radius 2 is 2.00 bits per heavy atom. The second kappa shape index (κ2) is 4.69. The van der Waals surface area contributed by atoms with Gasteiger partial charge in [0.2, 0.25) is 0 Å². The molecule has 0 saturated carbocycles. The number of alkyl carbamates (subject to hydrolysis) is 1. The molecular weight excluding hydrogens is 214 g/mol. The number of hydrogen-bond donors (Lipinski definition) is 2. The summed E-state index contributed by atoms with van der Waals surface area (Å²) in [5.41, 5.74) is -0.595. The third-order valence-corrected chi connectivity index (χ3v) is 2.10. The zero-order valence-corrected chi connectivity index (χ0v) is 9.65. The van der Waals surface area contributed by atoms with Crippen molar-refractivity contribution < 1.29 is 24.2 Å². The summed E-state index contributed by atoms with van der Waals surface area (Å²) in [5.74, 6) is -1.67. The van der Waals surface area contributed by atoms with Crippen LogP contribution in [-0.2, 0) is 14.3 Å². The van der Waals surface area contributed by atoms with Crippen molar-refractivity contribution in [3.63, 3.8) is 0 Å². The molecule has 6 nitrogen and oxygen atoms in total. The molecule has 2 N–H and O–H groups in total. The van der Waals surface area contributed by atoms with E-state index in [1.807, 2.05) is 0 Å². The molecule has 0 radical (unpaired) electrons. The van der Waals surface area contributed by atoms with Crippen LogP contribution in [0, 0.1) is 5.92 Å². The third-order valence-electron chi connectivity index (χ3n) is 2.10. The first kappa shape index (κ1) is 12.8. The molecule has 1 amide bonds. The first-order valence-electron chi connectivity index (χ1n) is 5.09. The number of amides is 1. The van der Waals surface area contributed by atoms with Gasteiger partial charge in [-0.15, -0.1) is 0 Å². The van der Waals surface area contributed by atoms with Crippen LogP contribution in [0.5, 0.6) is 0 Å². The Hall–Kier alpha value is -1.30. The zero-order chi connectivity index (χ0) is 12.3. The van der Waals surface area contributed by atoms with Crippen LogP contribution < -0.4 is 5.32 Å². The summed E-state index contributed by atoms with van der Waals surface area (Å²) in [6, 6.07) is -0.521. The van der Waals surface area contributed by atoms with Crippen LogP contribution in [0.3, 0.4) is 0 Å². The van der Waals surface area contributed by atoms with Gasteiger partial charge in [-0.2, -0.15) is 0 Å². The van der Waals surface area contributed by atoms with Gasteiger partial charge in [-0.3, -0.25) is 4.79 Å². The highest BCUT2D eigenvalue weighted by Crippen LogP contribution is 2.15. The smallest absolute Gasteiger partial charge is 0.407 e. The van der Waals surface area contributed by atoms with Crippen molar-refractivity contribution in [1.82, 2.24) is 5.32 Å². The van der Waals surface area contributed by atoms with Gasteiger partial charge in [-0.1, -0.05) is 0 Å². The number of carboxylic acid groups (broad SMARTS) is 1. The summed E-state index contributed by atoms with van der Waals surface area (Å²) < 4.78 is 10.0. The predicted octanol–water partition coefficient (Wildman–Crippen LogP) is 0.611. The van der Waals surface area contributed by atoms with Crippen molar-refractivity contribution in [2.45, 2.75) is 32.4 Å². The van der Waals surface area contributed by atoms with E-state index in [4.69, 9.17) is 14.6 Å². The number of ether oxygens (including phenoxy) is 2. The van der Waals surface area contributed by atoms with E-state index >= 15 is 0 Å². The minimum absolute atomic E-state index is 0.121. The molecule has 1 aliphatic rings. The SMILES string of the molecule is CC(C)(C)OC(=O)N[C@H]1COC[C@@H]1C(=O)O. The quantitative estimate of drug-likeness (QED) is 0.727. The average molecular weight is 231 g/mol. The average Bonchev–Trinajstić information content (AvgIpc) is 2.47. The highest BCUT2D eigenvalue weighted by atomic mass is 16.6. The first-order chi connectivity index (χ1) is 7.29. The van der Waals surface area contributed by atoms with E-state index in [-0.39, 0.29) is 13.2 Å². The van der Waals surface area contributed by atoms with Gasteiger partial charge in [-0.05, 0) is 20.8 Å². The lowest BCUT2D eigenvalue weighted by atomic mass is 10.0. The minimum atomic E-state index is -0.974. The molecule has 0 aromatic carbocycles. The highest BCUT2D eigenvalue weighted by Gasteiger charge is 2.35. The molecule has 1 fully saturated rings. The van der Waals surface area contributed by atoms with Crippen molar-refractivity contribution in [3.05, 3.63) is 0 Å². The lowest BCUT2D eigenvalue weighted by Crippen LogP contribution is -2.44. The van der Waals surface area contributed by atoms with Crippen molar-refractivity contribution in [3.8, 4) is 0 Å². The second-order valence-corrected chi connectivity index (χ2v) is 4.73. The predicted molar refractivity (Wildman–Crippen MR) is 55.1 cm³/mol. The van der Waals surface area contributed by atoms with Crippen LogP contribution in [0.2, 0.25) is 0 Å². The second-order valence-electron chi connectivity index (χ2n) is 4.73. The standard InChI is InChI=1S/C10H17NO5/c1-10(2,3)16-9(14)11-7-5-15-4-6(7)8(12)13/h6-7H,4-5H2,1-3H3,(H,11,14)(H,12,13)/t6-,7-/m0/s1. The normalized spacial score (nSPS) is 25.2. The summed E-state index contributed by atoms with van der Waals surface area (Å²) in [4.78, 5) is 22.2. The van der Waals surface area contributed by atoms with Gasteiger partial charge >= 0.3 is 12.1 Å². The molecule has 0 aliphatic carbocycles. The van der Waals surface area contributed by atoms with Gasteiger partial charge < -0.3 is 19.9 Å². The molecule has 0 aromatic heterocycles. The number of carbonyl (C=O) groups is 2. The Morgan fingerprint density at radius 1 is 1.38 bits per heavy atom. The molecule has 0 unspecified atom stereocenters. The Balaban J connectivity index is 2.47. The fourth-order valence-corrected chi connectivity index (χ4v) is 1.40. The molecule has 1 saturated heterocycles. The van der Waals surface area contributed by atoms with E-state index in [0.717, 1.165) is 0 Å². The fraction of sp³-hybridized carbons (Fsp3) is 0.800. The maximum Gasteiger partial charge on any atom is 0.407 e. The van der Waals surface area contributed by atoms with Crippen LogP contribution in [0.4, 0.5) is 4.79 Å². The number of aliphatic carboxylic acids is 1. The summed E-state index contributed by atoms with van der Waals surface area (Å²) in [6.07, 6.45) is -0.616. The molecular formula is C10H17NO5. The Labute approximate surface area is 93.9 Å². The fourth-order valence-electron chi connectivity index (χ4n) is 1.40. The van der Waals surface area contributed by atoms with E-state index in [9.17, 15) is 9.59 Å². The van der Waals surface area contributed by atoms with Gasteiger partial charge in [-0.25, -0.2) is 4.79 Å². The number of hydrogen-bond acceptors (Lipinski definition) is 4. The topological polar surface area (TPSA) is 84.9 Å². The van der Waals surface area contributed by atoms with Crippen LogP contribution in [0.25, 0.3) is 0 Å². The number of carboxylic acids is 1. The Bertz CT molecular complexity index is 283. The van der Waals surface area contributed by atoms with Crippen LogP contribution in [-0.4, -0.2) is 42.0 Å². The highest BCUT2D eigenvalue weighted by molar-refractivity contribution is 5.74. The van der Waals surface area contributed by atoms with Gasteiger partial charge in [0.15, 0.2) is 0 Å². The first-order valence-corrected chi connectivity index (χ1v) is 5.09. The molecule has 1 heterocycles. The molecule has 0 spiro atoms. The molecule has 0 bridgehead atoms. The molecule has 1 rings (SSSR count). The van der Waals surface area contributed by atoms with E-state index in [0.29, 0.717) is 0 Å². The zero-order valence-electron chi connectivity index (χ0n) is 9.65. The molecule has 92 valence electrons. The van der Waals surface area contributed by atoms with Gasteiger partial charge in [0.1, 0.15) is 11.5 Å². The van der Waals surface area contributed by atoms with E-state index in [1.165, 1.54) is 0 Å². The van der Waals surface area contributed by atoms with Crippen molar-refractivity contribution >= 4 is 12.1 Å². The summed E-state index contributed by atoms with van der Waals surface area (Å²) >= 11 is 0. The van der Waals surface area contributed by atoms with E-state index in [2.05, 4.69) is 5.32 Å². The lowest BCUT2D eigenvalue weighted by molar-refractivity contribution is -0.142. The Morgan fingerprint density at radius 3 is 2.50 bits per heavy atom. The lowest BCUT2D eigenvalue weighted by Gasteiger charge is -2.22. The number of rotatable bonds is 2. The van der Waals surface area contributed by atoms with Gasteiger partial charge in [0.05, 0.1) is 19.3 Å². The van der Waals surface area contributed by atoms with Crippen molar-refractivity contribution in [2.75, 3.05) is 13.2 Å². The maximum atomic E-state index is 11.4. The van der Waals surface area contributed by atoms with Crippen molar-refractivity contribution in [1.29, 1.82) is 0 Å². The van der Waals surface area contributed by atoms with Gasteiger partial charge in [0, 0.05) is 0 Å². The van der Waals surface area contributed by atoms with E-state index in [1.54, 1.807) is 20.8 Å². The van der Waals surface area contributed by atoms with Gasteiger partial charge in [0.25, 0.3) is 0 Å². The third kappa shape index (κ3) is 3.69. The minimum Gasteiger partial charge on any atom is -0.481 e. The number of nitrogens with one attached hydrogen (secondary N) is 1. The summed E-state index contributed by atoms with van der Waals surface area (Å²) in [7, 11) is 0. The summed E-state index contributed by atoms with van der Waals surface area (Å²) in [5, 5.41) is 11.4. The molecule has 1 aliphatic heterocycles. The largest absolute Gasteiger partial charge is 0.481 e. The molecule has 0 aromatic rings. The molecule has 6 heteroatoms. The maximum absolute atomic E-state index is 11.4. The molecule has 16 heavy (non-hydrogen) atoms. The number of carbonyl (C=O) groups excluding carboxylic acids is 1. The van der Waals surface area contributed by atoms with Crippen LogP contribution in [0.15, 0.2) is 0 Å². The summed E-state index contributed by atoms with van der Waals surface area (Å²) in [6.45, 7) is 5.55.